The van der Waals surface area contributed by atoms with Crippen LogP contribution < -0.4 is 21.5 Å². The average Bonchev–Trinajstić information content (AvgIpc) is 3.46. The number of benzene rings is 2. The molecule has 2 aromatic carbocycles. The highest BCUT2D eigenvalue weighted by Crippen LogP contribution is 2.33. The second-order valence-electron chi connectivity index (χ2n) is 10.9. The molecule has 0 aliphatic carbocycles. The number of morpholine rings is 1. The third-order valence-electron chi connectivity index (χ3n) is 7.95. The van der Waals surface area contributed by atoms with Crippen molar-refractivity contribution in [3.63, 3.8) is 0 Å². The largest absolute Gasteiger partial charge is 0.411 e. The van der Waals surface area contributed by atoms with Crippen LogP contribution in [-0.4, -0.2) is 58.8 Å². The van der Waals surface area contributed by atoms with Crippen LogP contribution in [0.4, 0.5) is 23.2 Å². The van der Waals surface area contributed by atoms with Gasteiger partial charge in [0.25, 0.3) is 11.5 Å². The number of anilines is 1. The number of aryl methyl sites for hydroxylation is 1. The molecule has 44 heavy (non-hydrogen) atoms. The fourth-order valence-corrected chi connectivity index (χ4v) is 5.53. The van der Waals surface area contributed by atoms with Crippen molar-refractivity contribution in [2.24, 2.45) is 7.05 Å². The lowest BCUT2D eigenvalue weighted by Crippen LogP contribution is -2.53. The van der Waals surface area contributed by atoms with E-state index in [1.807, 2.05) is 0 Å². The number of alkyl halides is 3. The summed E-state index contributed by atoms with van der Waals surface area (Å²) in [6.07, 6.45) is -4.58. The van der Waals surface area contributed by atoms with Crippen LogP contribution in [0.25, 0.3) is 5.69 Å². The van der Waals surface area contributed by atoms with E-state index in [-0.39, 0.29) is 49.6 Å². The molecule has 0 bridgehead atoms. The summed E-state index contributed by atoms with van der Waals surface area (Å²) in [5.74, 6) is -2.33. The molecule has 0 spiro atoms. The Kier molecular flexibility index (Phi) is 8.49. The SMILES string of the molecule is CC(=O)[C@H](Cc1ccc(-n2c(=O)c3c(n(C)c2=O)COC3)cc1)NC(=O)c1c(C)cc(N2CCOC[C@@H]2C(F)(F)F)cc1F. The number of amides is 1. The van der Waals surface area contributed by atoms with Gasteiger partial charge in [0.1, 0.15) is 11.9 Å². The maximum Gasteiger partial charge on any atom is 0.411 e. The molecule has 0 unspecified atom stereocenters. The van der Waals surface area contributed by atoms with E-state index < -0.39 is 53.6 Å². The molecule has 1 aromatic heterocycles. The number of rotatable bonds is 7. The highest BCUT2D eigenvalue weighted by Gasteiger charge is 2.45. The van der Waals surface area contributed by atoms with Crippen LogP contribution >= 0.6 is 0 Å². The first-order valence-corrected chi connectivity index (χ1v) is 13.8. The first-order chi connectivity index (χ1) is 20.8. The van der Waals surface area contributed by atoms with Crippen molar-refractivity contribution >= 4 is 17.4 Å². The molecule has 3 heterocycles. The van der Waals surface area contributed by atoms with Crippen molar-refractivity contribution in [1.82, 2.24) is 14.5 Å². The van der Waals surface area contributed by atoms with Crippen LogP contribution in [-0.2, 0) is 41.0 Å². The second kappa shape index (κ2) is 12.0. The Morgan fingerprint density at radius 3 is 2.41 bits per heavy atom. The molecule has 1 saturated heterocycles. The zero-order valence-corrected chi connectivity index (χ0v) is 24.2. The second-order valence-corrected chi connectivity index (χ2v) is 10.9. The van der Waals surface area contributed by atoms with E-state index in [9.17, 15) is 32.3 Å². The summed E-state index contributed by atoms with van der Waals surface area (Å²) < 4.78 is 68.6. The Morgan fingerprint density at radius 1 is 1.07 bits per heavy atom. The third kappa shape index (κ3) is 5.91. The average molecular weight is 619 g/mol. The van der Waals surface area contributed by atoms with E-state index in [1.165, 1.54) is 24.5 Å². The molecular weight excluding hydrogens is 588 g/mol. The first kappa shape index (κ1) is 31.1. The summed E-state index contributed by atoms with van der Waals surface area (Å²) in [6, 6.07) is 5.46. The van der Waals surface area contributed by atoms with Crippen molar-refractivity contribution < 1.29 is 36.6 Å². The van der Waals surface area contributed by atoms with Crippen molar-refractivity contribution in [3.05, 3.63) is 91.0 Å². The summed E-state index contributed by atoms with van der Waals surface area (Å²) in [7, 11) is 1.56. The molecule has 1 fully saturated rings. The number of aromatic nitrogens is 2. The van der Waals surface area contributed by atoms with Gasteiger partial charge >= 0.3 is 11.9 Å². The van der Waals surface area contributed by atoms with Gasteiger partial charge in [0.15, 0.2) is 5.78 Å². The summed E-state index contributed by atoms with van der Waals surface area (Å²) in [6.45, 7) is 2.28. The molecule has 5 rings (SSSR count). The van der Waals surface area contributed by atoms with E-state index in [0.717, 1.165) is 15.5 Å². The lowest BCUT2D eigenvalue weighted by molar-refractivity contribution is -0.167. The van der Waals surface area contributed by atoms with E-state index in [0.29, 0.717) is 22.5 Å². The number of ether oxygens (including phenoxy) is 2. The fourth-order valence-electron chi connectivity index (χ4n) is 5.53. The number of halogens is 4. The van der Waals surface area contributed by atoms with Crippen molar-refractivity contribution in [3.8, 4) is 5.69 Å². The van der Waals surface area contributed by atoms with Crippen LogP contribution in [0.2, 0.25) is 0 Å². The topological polar surface area (TPSA) is 112 Å². The number of carbonyl (C=O) groups excluding carboxylic acids is 2. The predicted molar refractivity (Wildman–Crippen MR) is 151 cm³/mol. The van der Waals surface area contributed by atoms with Gasteiger partial charge in [0.05, 0.1) is 55.0 Å². The van der Waals surface area contributed by atoms with Crippen LogP contribution in [0.5, 0.6) is 0 Å². The molecule has 2 aliphatic rings. The minimum Gasteiger partial charge on any atom is -0.377 e. The highest BCUT2D eigenvalue weighted by molar-refractivity contribution is 5.99. The molecule has 14 heteroatoms. The molecular formula is C30H30F4N4O6. The van der Waals surface area contributed by atoms with Crippen LogP contribution in [0.15, 0.2) is 46.0 Å². The molecule has 1 N–H and O–H groups in total. The van der Waals surface area contributed by atoms with E-state index in [2.05, 4.69) is 5.32 Å². The zero-order valence-electron chi connectivity index (χ0n) is 24.2. The van der Waals surface area contributed by atoms with Gasteiger partial charge in [-0.15, -0.1) is 0 Å². The summed E-state index contributed by atoms with van der Waals surface area (Å²) in [5.41, 5.74) is 0.489. The van der Waals surface area contributed by atoms with Gasteiger partial charge in [-0.25, -0.2) is 13.8 Å². The van der Waals surface area contributed by atoms with Gasteiger partial charge in [-0.1, -0.05) is 12.1 Å². The summed E-state index contributed by atoms with van der Waals surface area (Å²) in [5, 5.41) is 2.53. The maximum atomic E-state index is 15.3. The Morgan fingerprint density at radius 2 is 1.77 bits per heavy atom. The molecule has 2 aliphatic heterocycles. The monoisotopic (exact) mass is 618 g/mol. The third-order valence-corrected chi connectivity index (χ3v) is 7.95. The smallest absolute Gasteiger partial charge is 0.377 e. The number of Topliss-reactive ketones (excluding diaryl/α,β-unsaturated/α-hetero) is 1. The Labute approximate surface area is 248 Å². The van der Waals surface area contributed by atoms with Crippen molar-refractivity contribution in [1.29, 1.82) is 0 Å². The Bertz CT molecular complexity index is 1710. The number of ketones is 1. The van der Waals surface area contributed by atoms with Gasteiger partial charge in [0, 0.05) is 19.3 Å². The number of nitrogens with zero attached hydrogens (tertiary/aromatic N) is 3. The van der Waals surface area contributed by atoms with Gasteiger partial charge < -0.3 is 19.7 Å². The Balaban J connectivity index is 1.34. The van der Waals surface area contributed by atoms with E-state index >= 15 is 4.39 Å². The van der Waals surface area contributed by atoms with Gasteiger partial charge in [-0.2, -0.15) is 13.2 Å². The molecule has 234 valence electrons. The fraction of sp³-hybridized carbons (Fsp3) is 0.400. The Hall–Kier alpha value is -4.30. The molecule has 0 radical (unpaired) electrons. The molecule has 3 aromatic rings. The van der Waals surface area contributed by atoms with Crippen molar-refractivity contribution in [2.75, 3.05) is 24.7 Å². The lowest BCUT2D eigenvalue weighted by Gasteiger charge is -2.38. The zero-order chi connectivity index (χ0) is 31.9. The molecule has 0 saturated carbocycles. The number of fused-ring (bicyclic) bond motifs is 1. The van der Waals surface area contributed by atoms with Gasteiger partial charge in [-0.3, -0.25) is 19.0 Å². The minimum absolute atomic E-state index is 0.0199. The van der Waals surface area contributed by atoms with E-state index in [4.69, 9.17) is 9.47 Å². The molecule has 1 amide bonds. The normalized spacial score (nSPS) is 17.3. The number of carbonyl (C=O) groups is 2. The molecule has 2 atom stereocenters. The number of nitrogens with one attached hydrogen (secondary N) is 1. The van der Waals surface area contributed by atoms with Crippen LogP contribution in [0, 0.1) is 12.7 Å². The van der Waals surface area contributed by atoms with Crippen LogP contribution in [0.1, 0.15) is 39.7 Å². The van der Waals surface area contributed by atoms with Crippen molar-refractivity contribution in [2.45, 2.75) is 51.7 Å². The highest BCUT2D eigenvalue weighted by atomic mass is 19.4. The maximum absolute atomic E-state index is 15.3. The molecule has 10 nitrogen and oxygen atoms in total. The summed E-state index contributed by atoms with van der Waals surface area (Å²) >= 11 is 0. The summed E-state index contributed by atoms with van der Waals surface area (Å²) in [4.78, 5) is 52.4. The number of hydrogen-bond donors (Lipinski definition) is 1. The van der Waals surface area contributed by atoms with Gasteiger partial charge in [0.2, 0.25) is 0 Å². The predicted octanol–water partition coefficient (Wildman–Crippen LogP) is 2.71. The minimum atomic E-state index is -4.60. The number of hydrogen-bond acceptors (Lipinski definition) is 7. The quantitative estimate of drug-likeness (QED) is 0.406. The van der Waals surface area contributed by atoms with Gasteiger partial charge in [-0.05, 0) is 55.7 Å². The standard InChI is InChI=1S/C30H30F4N4O6/c1-16-10-20(37-8-9-43-15-25(37)30(32,33)34)12-22(31)26(16)27(40)35-23(17(2)39)11-18-4-6-19(7-5-18)38-28(41)21-13-44-14-24(21)36(3)29(38)42/h4-7,10,12,23,25H,8-9,11,13-15H2,1-3H3,(H,35,40)/t23-,25+/m0/s1. The van der Waals surface area contributed by atoms with E-state index in [1.54, 1.807) is 31.3 Å². The first-order valence-electron chi connectivity index (χ1n) is 13.8. The lowest BCUT2D eigenvalue weighted by atomic mass is 10.0. The van der Waals surface area contributed by atoms with Crippen LogP contribution in [0.3, 0.4) is 0 Å².